The summed E-state index contributed by atoms with van der Waals surface area (Å²) >= 11 is 5.74. The van der Waals surface area contributed by atoms with Crippen LogP contribution >= 0.6 is 24.0 Å². The van der Waals surface area contributed by atoms with E-state index in [9.17, 15) is 4.79 Å². The molecule has 0 saturated heterocycles. The number of rotatable bonds is 7. The van der Waals surface area contributed by atoms with Gasteiger partial charge in [0, 0.05) is 11.6 Å². The molecule has 0 atom stereocenters. The van der Waals surface area contributed by atoms with E-state index in [2.05, 4.69) is 5.32 Å². The van der Waals surface area contributed by atoms with Crippen LogP contribution in [0.15, 0.2) is 24.3 Å². The first-order chi connectivity index (χ1) is 8.22. The van der Waals surface area contributed by atoms with Crippen molar-refractivity contribution in [2.75, 3.05) is 19.7 Å². The van der Waals surface area contributed by atoms with Crippen LogP contribution in [0.5, 0.6) is 5.75 Å². The predicted molar refractivity (Wildman–Crippen MR) is 75.5 cm³/mol. The number of carbonyl (C=O) groups is 1. The Morgan fingerprint density at radius 2 is 2.00 bits per heavy atom. The maximum atomic E-state index is 11.3. The smallest absolute Gasteiger partial charge is 0.223 e. The Morgan fingerprint density at radius 3 is 2.61 bits per heavy atom. The minimum Gasteiger partial charge on any atom is -0.493 e. The zero-order chi connectivity index (χ0) is 12.5. The first-order valence-corrected chi connectivity index (χ1v) is 5.95. The van der Waals surface area contributed by atoms with Crippen LogP contribution in [0.4, 0.5) is 0 Å². The standard InChI is InChI=1S/C12H17ClN2O2.ClH/c13-10-2-4-11(5-3-10)17-9-6-12(16)15-8-1-7-14;/h2-5H,1,6-9,14H2,(H,15,16);1H. The third-order valence-electron chi connectivity index (χ3n) is 2.11. The summed E-state index contributed by atoms with van der Waals surface area (Å²) in [4.78, 5) is 11.3. The van der Waals surface area contributed by atoms with Crippen LogP contribution in [0.1, 0.15) is 12.8 Å². The molecule has 0 unspecified atom stereocenters. The number of hydrogen-bond acceptors (Lipinski definition) is 3. The largest absolute Gasteiger partial charge is 0.493 e. The maximum Gasteiger partial charge on any atom is 0.223 e. The van der Waals surface area contributed by atoms with Gasteiger partial charge < -0.3 is 15.8 Å². The molecule has 0 spiro atoms. The van der Waals surface area contributed by atoms with Gasteiger partial charge in [-0.05, 0) is 37.2 Å². The van der Waals surface area contributed by atoms with E-state index in [0.717, 1.165) is 6.42 Å². The van der Waals surface area contributed by atoms with E-state index in [1.807, 2.05) is 0 Å². The highest BCUT2D eigenvalue weighted by Crippen LogP contribution is 2.15. The van der Waals surface area contributed by atoms with E-state index >= 15 is 0 Å². The van der Waals surface area contributed by atoms with E-state index in [-0.39, 0.29) is 18.3 Å². The molecular weight excluding hydrogens is 275 g/mol. The Labute approximate surface area is 118 Å². The number of nitrogens with two attached hydrogens (primary N) is 1. The highest BCUT2D eigenvalue weighted by Gasteiger charge is 2.01. The Kier molecular flexibility index (Phi) is 9.46. The molecule has 3 N–H and O–H groups in total. The molecule has 0 bridgehead atoms. The highest BCUT2D eigenvalue weighted by molar-refractivity contribution is 6.30. The fraction of sp³-hybridized carbons (Fsp3) is 0.417. The van der Waals surface area contributed by atoms with E-state index in [1.165, 1.54) is 0 Å². The van der Waals surface area contributed by atoms with Crippen LogP contribution in [0.2, 0.25) is 5.02 Å². The second kappa shape index (κ2) is 10.00. The summed E-state index contributed by atoms with van der Waals surface area (Å²) in [5, 5.41) is 3.42. The van der Waals surface area contributed by atoms with Gasteiger partial charge in [-0.2, -0.15) is 0 Å². The van der Waals surface area contributed by atoms with Crippen LogP contribution in [-0.4, -0.2) is 25.6 Å². The Hall–Kier alpha value is -0.970. The van der Waals surface area contributed by atoms with E-state index in [0.29, 0.717) is 36.9 Å². The lowest BCUT2D eigenvalue weighted by molar-refractivity contribution is -0.121. The van der Waals surface area contributed by atoms with Gasteiger partial charge in [0.15, 0.2) is 0 Å². The molecular formula is C12H18Cl2N2O2. The summed E-state index contributed by atoms with van der Waals surface area (Å²) in [5.41, 5.74) is 5.32. The molecule has 6 heteroatoms. The van der Waals surface area contributed by atoms with Crippen molar-refractivity contribution in [3.05, 3.63) is 29.3 Å². The Morgan fingerprint density at radius 1 is 1.33 bits per heavy atom. The Bertz CT molecular complexity index is 344. The molecule has 0 aliphatic rings. The van der Waals surface area contributed by atoms with Crippen molar-refractivity contribution in [3.8, 4) is 5.75 Å². The minimum atomic E-state index is -0.0209. The monoisotopic (exact) mass is 292 g/mol. The summed E-state index contributed by atoms with van der Waals surface area (Å²) in [6, 6.07) is 7.04. The molecule has 0 aliphatic heterocycles. The minimum absolute atomic E-state index is 0. The predicted octanol–water partition coefficient (Wildman–Crippen LogP) is 2.00. The fourth-order valence-electron chi connectivity index (χ4n) is 1.21. The molecule has 0 radical (unpaired) electrons. The van der Waals surface area contributed by atoms with Crippen molar-refractivity contribution in [2.24, 2.45) is 5.73 Å². The van der Waals surface area contributed by atoms with E-state index in [4.69, 9.17) is 22.1 Å². The van der Waals surface area contributed by atoms with Crippen LogP contribution in [-0.2, 0) is 4.79 Å². The van der Waals surface area contributed by atoms with Gasteiger partial charge in [0.05, 0.1) is 13.0 Å². The van der Waals surface area contributed by atoms with Crippen LogP contribution in [0.3, 0.4) is 0 Å². The van der Waals surface area contributed by atoms with Crippen molar-refractivity contribution < 1.29 is 9.53 Å². The van der Waals surface area contributed by atoms with Crippen LogP contribution in [0, 0.1) is 0 Å². The van der Waals surface area contributed by atoms with Gasteiger partial charge in [0.2, 0.25) is 5.91 Å². The fourth-order valence-corrected chi connectivity index (χ4v) is 1.34. The summed E-state index contributed by atoms with van der Waals surface area (Å²) in [6.45, 7) is 1.56. The van der Waals surface area contributed by atoms with Crippen LogP contribution < -0.4 is 15.8 Å². The van der Waals surface area contributed by atoms with Crippen molar-refractivity contribution in [1.29, 1.82) is 0 Å². The van der Waals surface area contributed by atoms with E-state index in [1.54, 1.807) is 24.3 Å². The number of ether oxygens (including phenoxy) is 1. The lowest BCUT2D eigenvalue weighted by atomic mass is 10.3. The highest BCUT2D eigenvalue weighted by atomic mass is 35.5. The van der Waals surface area contributed by atoms with Gasteiger partial charge in [-0.3, -0.25) is 4.79 Å². The SMILES string of the molecule is Cl.NCCCNC(=O)CCOc1ccc(Cl)cc1. The van der Waals surface area contributed by atoms with Crippen molar-refractivity contribution in [1.82, 2.24) is 5.32 Å². The zero-order valence-corrected chi connectivity index (χ0v) is 11.6. The topological polar surface area (TPSA) is 64.3 Å². The summed E-state index contributed by atoms with van der Waals surface area (Å²) in [6.07, 6.45) is 1.14. The molecule has 0 fully saturated rings. The van der Waals surface area contributed by atoms with Crippen LogP contribution in [0.25, 0.3) is 0 Å². The van der Waals surface area contributed by atoms with Gasteiger partial charge in [-0.1, -0.05) is 11.6 Å². The van der Waals surface area contributed by atoms with Gasteiger partial charge in [0.25, 0.3) is 0 Å². The molecule has 1 aromatic rings. The lowest BCUT2D eigenvalue weighted by Crippen LogP contribution is -2.27. The number of hydrogen-bond donors (Lipinski definition) is 2. The van der Waals surface area contributed by atoms with E-state index < -0.39 is 0 Å². The van der Waals surface area contributed by atoms with Crippen molar-refractivity contribution in [3.63, 3.8) is 0 Å². The summed E-state index contributed by atoms with van der Waals surface area (Å²) < 4.78 is 5.39. The molecule has 4 nitrogen and oxygen atoms in total. The molecule has 0 saturated carbocycles. The summed E-state index contributed by atoms with van der Waals surface area (Å²) in [7, 11) is 0. The molecule has 1 rings (SSSR count). The molecule has 18 heavy (non-hydrogen) atoms. The third kappa shape index (κ3) is 7.37. The number of carbonyl (C=O) groups excluding carboxylic acids is 1. The number of benzene rings is 1. The second-order valence-electron chi connectivity index (χ2n) is 3.54. The van der Waals surface area contributed by atoms with Gasteiger partial charge in [-0.15, -0.1) is 12.4 Å². The van der Waals surface area contributed by atoms with Crippen molar-refractivity contribution >= 4 is 29.9 Å². The molecule has 1 aromatic carbocycles. The number of halogens is 2. The first kappa shape index (κ1) is 17.0. The summed E-state index contributed by atoms with van der Waals surface area (Å²) in [5.74, 6) is 0.691. The zero-order valence-electron chi connectivity index (χ0n) is 10.0. The van der Waals surface area contributed by atoms with Gasteiger partial charge in [-0.25, -0.2) is 0 Å². The quantitative estimate of drug-likeness (QED) is 0.756. The third-order valence-corrected chi connectivity index (χ3v) is 2.37. The number of amides is 1. The molecule has 102 valence electrons. The number of nitrogens with one attached hydrogen (secondary N) is 1. The van der Waals surface area contributed by atoms with Crippen molar-refractivity contribution in [2.45, 2.75) is 12.8 Å². The molecule has 0 heterocycles. The molecule has 0 aliphatic carbocycles. The molecule has 0 aromatic heterocycles. The maximum absolute atomic E-state index is 11.3. The molecule has 1 amide bonds. The Balaban J connectivity index is 0.00000289. The second-order valence-corrected chi connectivity index (χ2v) is 3.98. The average molecular weight is 293 g/mol. The lowest BCUT2D eigenvalue weighted by Gasteiger charge is -2.06. The average Bonchev–Trinajstić information content (AvgIpc) is 2.32. The first-order valence-electron chi connectivity index (χ1n) is 5.57. The normalized spacial score (nSPS) is 9.44. The van der Waals surface area contributed by atoms with Gasteiger partial charge >= 0.3 is 0 Å². The van der Waals surface area contributed by atoms with Gasteiger partial charge in [0.1, 0.15) is 5.75 Å².